The Morgan fingerprint density at radius 1 is 1.38 bits per heavy atom. The molecule has 7 heteroatoms. The van der Waals surface area contributed by atoms with Crippen LogP contribution in [0, 0.1) is 12.7 Å². The summed E-state index contributed by atoms with van der Waals surface area (Å²) < 4.78 is 13.5. The van der Waals surface area contributed by atoms with Crippen LogP contribution in [0.25, 0.3) is 0 Å². The number of aromatic nitrogens is 1. The van der Waals surface area contributed by atoms with Crippen LogP contribution in [-0.4, -0.2) is 21.9 Å². The molecule has 4 N–H and O–H groups in total. The summed E-state index contributed by atoms with van der Waals surface area (Å²) in [5, 5.41) is 13.9. The Balaban J connectivity index is 2.23. The van der Waals surface area contributed by atoms with Gasteiger partial charge in [0.25, 0.3) is 5.91 Å². The molecule has 2 rings (SSSR count). The van der Waals surface area contributed by atoms with E-state index in [4.69, 9.17) is 10.9 Å². The van der Waals surface area contributed by atoms with E-state index in [0.29, 0.717) is 11.3 Å². The van der Waals surface area contributed by atoms with E-state index in [-0.39, 0.29) is 17.3 Å². The van der Waals surface area contributed by atoms with Crippen molar-refractivity contribution in [3.05, 3.63) is 59.2 Å². The van der Waals surface area contributed by atoms with Gasteiger partial charge in [0.15, 0.2) is 5.84 Å². The summed E-state index contributed by atoms with van der Waals surface area (Å²) >= 11 is 0. The van der Waals surface area contributed by atoms with E-state index in [9.17, 15) is 9.18 Å². The number of carbonyl (C=O) groups is 1. The first-order chi connectivity index (χ1) is 10.0. The van der Waals surface area contributed by atoms with Crippen LogP contribution < -0.4 is 11.1 Å². The maximum absolute atomic E-state index is 13.5. The summed E-state index contributed by atoms with van der Waals surface area (Å²) in [4.78, 5) is 16.0. The van der Waals surface area contributed by atoms with Crippen molar-refractivity contribution in [1.29, 1.82) is 0 Å². The number of oxime groups is 1. The average molecular weight is 288 g/mol. The number of benzene rings is 1. The molecule has 0 aliphatic rings. The second-order valence-electron chi connectivity index (χ2n) is 4.32. The molecule has 1 aromatic heterocycles. The number of halogens is 1. The Kier molecular flexibility index (Phi) is 4.13. The molecule has 2 aromatic rings. The Morgan fingerprint density at radius 2 is 2.14 bits per heavy atom. The molecule has 1 aromatic carbocycles. The second kappa shape index (κ2) is 6.00. The number of amides is 1. The van der Waals surface area contributed by atoms with Crippen LogP contribution in [0.4, 0.5) is 10.1 Å². The quantitative estimate of drug-likeness (QED) is 0.347. The predicted octanol–water partition coefficient (Wildman–Crippen LogP) is 1.88. The lowest BCUT2D eigenvalue weighted by Gasteiger charge is -2.08. The van der Waals surface area contributed by atoms with Crippen LogP contribution in [0.5, 0.6) is 0 Å². The first kappa shape index (κ1) is 14.4. The third-order valence-corrected chi connectivity index (χ3v) is 2.78. The van der Waals surface area contributed by atoms with Crippen LogP contribution in [0.3, 0.4) is 0 Å². The number of aryl methyl sites for hydroxylation is 1. The highest BCUT2D eigenvalue weighted by molar-refractivity contribution is 6.05. The van der Waals surface area contributed by atoms with Crippen LogP contribution in [0.15, 0.2) is 41.7 Å². The Hall–Kier alpha value is -2.96. The lowest BCUT2D eigenvalue weighted by Crippen LogP contribution is -2.17. The van der Waals surface area contributed by atoms with E-state index in [2.05, 4.69) is 15.5 Å². The standard InChI is InChI=1S/C14H13FN4O2/c1-8-2-3-9(7-17-8)14(20)18-10-4-5-12(15)11(6-10)13(16)19-21/h2-7,21H,1H3,(H2,16,19)(H,18,20). The topological polar surface area (TPSA) is 101 Å². The molecule has 6 nitrogen and oxygen atoms in total. The highest BCUT2D eigenvalue weighted by atomic mass is 19.1. The molecule has 1 amide bonds. The Labute approximate surface area is 120 Å². The number of pyridine rings is 1. The number of carbonyl (C=O) groups excluding carboxylic acids is 1. The number of nitrogens with two attached hydrogens (primary N) is 1. The SMILES string of the molecule is Cc1ccc(C(=O)Nc2ccc(F)c(C(N)=NO)c2)cn1. The molecule has 0 spiro atoms. The normalized spacial score (nSPS) is 11.2. The summed E-state index contributed by atoms with van der Waals surface area (Å²) in [6, 6.07) is 7.12. The van der Waals surface area contributed by atoms with E-state index in [1.165, 1.54) is 18.3 Å². The zero-order valence-electron chi connectivity index (χ0n) is 11.2. The molecular weight excluding hydrogens is 275 g/mol. The monoisotopic (exact) mass is 288 g/mol. The fourth-order valence-electron chi connectivity index (χ4n) is 1.66. The van der Waals surface area contributed by atoms with Gasteiger partial charge in [-0.05, 0) is 37.3 Å². The third-order valence-electron chi connectivity index (χ3n) is 2.78. The second-order valence-corrected chi connectivity index (χ2v) is 4.32. The zero-order chi connectivity index (χ0) is 15.4. The van der Waals surface area contributed by atoms with Gasteiger partial charge >= 0.3 is 0 Å². The lowest BCUT2D eigenvalue weighted by molar-refractivity contribution is 0.102. The van der Waals surface area contributed by atoms with Gasteiger partial charge in [-0.25, -0.2) is 4.39 Å². The van der Waals surface area contributed by atoms with Gasteiger partial charge in [0.05, 0.1) is 11.1 Å². The largest absolute Gasteiger partial charge is 0.409 e. The minimum Gasteiger partial charge on any atom is -0.409 e. The predicted molar refractivity (Wildman–Crippen MR) is 75.8 cm³/mol. The summed E-state index contributed by atoms with van der Waals surface area (Å²) in [6.45, 7) is 1.81. The molecule has 0 atom stereocenters. The van der Waals surface area contributed by atoms with Crippen LogP contribution >= 0.6 is 0 Å². The molecular formula is C14H13FN4O2. The van der Waals surface area contributed by atoms with Gasteiger partial charge in [-0.1, -0.05) is 5.16 Å². The van der Waals surface area contributed by atoms with Crippen molar-refractivity contribution in [1.82, 2.24) is 4.98 Å². The fraction of sp³-hybridized carbons (Fsp3) is 0.0714. The van der Waals surface area contributed by atoms with Crippen molar-refractivity contribution in [3.8, 4) is 0 Å². The van der Waals surface area contributed by atoms with Gasteiger partial charge in [-0.2, -0.15) is 0 Å². The average Bonchev–Trinajstić information content (AvgIpc) is 2.49. The molecule has 0 unspecified atom stereocenters. The third kappa shape index (κ3) is 3.33. The van der Waals surface area contributed by atoms with Crippen molar-refractivity contribution in [2.75, 3.05) is 5.32 Å². The summed E-state index contributed by atoms with van der Waals surface area (Å²) in [7, 11) is 0. The van der Waals surface area contributed by atoms with Gasteiger partial charge in [0, 0.05) is 17.6 Å². The van der Waals surface area contributed by atoms with Gasteiger partial charge in [0.1, 0.15) is 5.82 Å². The molecule has 0 bridgehead atoms. The highest BCUT2D eigenvalue weighted by Crippen LogP contribution is 2.15. The summed E-state index contributed by atoms with van der Waals surface area (Å²) in [6.07, 6.45) is 1.44. The smallest absolute Gasteiger partial charge is 0.257 e. The van der Waals surface area contributed by atoms with Crippen molar-refractivity contribution < 1.29 is 14.4 Å². The molecule has 108 valence electrons. The maximum atomic E-state index is 13.5. The molecule has 0 aliphatic heterocycles. The maximum Gasteiger partial charge on any atom is 0.257 e. The lowest BCUT2D eigenvalue weighted by atomic mass is 10.1. The van der Waals surface area contributed by atoms with Gasteiger partial charge in [-0.15, -0.1) is 0 Å². The van der Waals surface area contributed by atoms with E-state index in [1.807, 2.05) is 6.92 Å². The van der Waals surface area contributed by atoms with Gasteiger partial charge < -0.3 is 16.3 Å². The van der Waals surface area contributed by atoms with Crippen molar-refractivity contribution in [2.45, 2.75) is 6.92 Å². The number of hydrogen-bond acceptors (Lipinski definition) is 4. The first-order valence-electron chi connectivity index (χ1n) is 6.02. The summed E-state index contributed by atoms with van der Waals surface area (Å²) in [5.41, 5.74) is 6.75. The Bertz CT molecular complexity index is 699. The van der Waals surface area contributed by atoms with Crippen molar-refractivity contribution in [3.63, 3.8) is 0 Å². The van der Waals surface area contributed by atoms with Gasteiger partial charge in [-0.3, -0.25) is 9.78 Å². The molecule has 0 radical (unpaired) electrons. The number of hydrogen-bond donors (Lipinski definition) is 3. The first-order valence-corrected chi connectivity index (χ1v) is 6.02. The number of rotatable bonds is 3. The van der Waals surface area contributed by atoms with E-state index >= 15 is 0 Å². The van der Waals surface area contributed by atoms with E-state index < -0.39 is 5.82 Å². The molecule has 0 saturated carbocycles. The minimum atomic E-state index is -0.652. The highest BCUT2D eigenvalue weighted by Gasteiger charge is 2.11. The summed E-state index contributed by atoms with van der Waals surface area (Å²) in [5.74, 6) is -1.42. The van der Waals surface area contributed by atoms with Gasteiger partial charge in [0.2, 0.25) is 0 Å². The van der Waals surface area contributed by atoms with E-state index in [0.717, 1.165) is 11.8 Å². The number of nitrogens with one attached hydrogen (secondary N) is 1. The molecule has 1 heterocycles. The van der Waals surface area contributed by atoms with Crippen molar-refractivity contribution in [2.24, 2.45) is 10.9 Å². The van der Waals surface area contributed by atoms with E-state index in [1.54, 1.807) is 12.1 Å². The fourth-order valence-corrected chi connectivity index (χ4v) is 1.66. The molecule has 0 saturated heterocycles. The van der Waals surface area contributed by atoms with Crippen LogP contribution in [0.1, 0.15) is 21.6 Å². The van der Waals surface area contributed by atoms with Crippen LogP contribution in [-0.2, 0) is 0 Å². The Morgan fingerprint density at radius 3 is 2.76 bits per heavy atom. The molecule has 0 aliphatic carbocycles. The number of nitrogens with zero attached hydrogens (tertiary/aromatic N) is 2. The van der Waals surface area contributed by atoms with Crippen LogP contribution in [0.2, 0.25) is 0 Å². The number of anilines is 1. The zero-order valence-corrected chi connectivity index (χ0v) is 11.2. The minimum absolute atomic E-state index is 0.0997. The number of amidine groups is 1. The molecule has 21 heavy (non-hydrogen) atoms. The van der Waals surface area contributed by atoms with Crippen molar-refractivity contribution >= 4 is 17.4 Å². The molecule has 0 fully saturated rings.